The van der Waals surface area contributed by atoms with Crippen LogP contribution in [0.3, 0.4) is 0 Å². The Morgan fingerprint density at radius 3 is 2.08 bits per heavy atom. The van der Waals surface area contributed by atoms with Crippen molar-refractivity contribution >= 4 is 5.97 Å². The number of hydrogen-bond acceptors (Lipinski definition) is 4. The van der Waals surface area contributed by atoms with Gasteiger partial charge in [-0.05, 0) is 82.2 Å². The van der Waals surface area contributed by atoms with Crippen molar-refractivity contribution in [1.82, 2.24) is 5.32 Å². The van der Waals surface area contributed by atoms with Gasteiger partial charge in [0.2, 0.25) is 0 Å². The summed E-state index contributed by atoms with van der Waals surface area (Å²) in [5.41, 5.74) is -4.98. The zero-order valence-electron chi connectivity index (χ0n) is 21.4. The first-order chi connectivity index (χ1) is 17.5. The SMILES string of the molecule is CC(C)(C)OC(=O)C12CCCC(OCc3cc(C(F)(F)F)cc(C(F)(F)F)c3)(N1)C(Cc1ccccc1)C2. The zero-order valence-corrected chi connectivity index (χ0v) is 21.4. The van der Waals surface area contributed by atoms with Crippen LogP contribution in [0.5, 0.6) is 0 Å². The molecule has 2 aromatic carbocycles. The molecule has 10 heteroatoms. The summed E-state index contributed by atoms with van der Waals surface area (Å²) < 4.78 is 92.2. The number of halogens is 6. The van der Waals surface area contributed by atoms with Gasteiger partial charge in [-0.25, -0.2) is 0 Å². The van der Waals surface area contributed by atoms with Crippen LogP contribution in [-0.2, 0) is 39.6 Å². The Bertz CT molecular complexity index is 1130. The van der Waals surface area contributed by atoms with Gasteiger partial charge in [0.25, 0.3) is 0 Å². The smallest absolute Gasteiger partial charge is 0.416 e. The summed E-state index contributed by atoms with van der Waals surface area (Å²) in [6.07, 6.45) is -7.52. The molecular weight excluding hydrogens is 512 g/mol. The number of carbonyl (C=O) groups excluding carboxylic acids is 1. The van der Waals surface area contributed by atoms with E-state index in [1.165, 1.54) is 0 Å². The fraction of sp³-hybridized carbons (Fsp3) is 0.536. The minimum atomic E-state index is -4.95. The first kappa shape index (κ1) is 28.4. The fourth-order valence-corrected chi connectivity index (χ4v) is 5.52. The normalized spacial score (nSPS) is 25.9. The van der Waals surface area contributed by atoms with Gasteiger partial charge in [0.1, 0.15) is 16.9 Å². The first-order valence-electron chi connectivity index (χ1n) is 12.5. The molecule has 0 amide bonds. The zero-order chi connectivity index (χ0) is 28.0. The molecule has 208 valence electrons. The number of alkyl halides is 6. The maximum Gasteiger partial charge on any atom is 0.416 e. The summed E-state index contributed by atoms with van der Waals surface area (Å²) in [6.45, 7) is 4.79. The molecule has 3 atom stereocenters. The number of rotatable bonds is 6. The molecule has 2 aromatic rings. The third-order valence-corrected chi connectivity index (χ3v) is 7.12. The van der Waals surface area contributed by atoms with Gasteiger partial charge >= 0.3 is 18.3 Å². The summed E-state index contributed by atoms with van der Waals surface area (Å²) >= 11 is 0. The molecule has 2 saturated heterocycles. The van der Waals surface area contributed by atoms with Crippen molar-refractivity contribution in [3.05, 3.63) is 70.8 Å². The van der Waals surface area contributed by atoms with Crippen molar-refractivity contribution in [2.45, 2.75) is 88.7 Å². The lowest BCUT2D eigenvalue weighted by atomic mass is 9.86. The van der Waals surface area contributed by atoms with Crippen LogP contribution in [0, 0.1) is 5.92 Å². The molecule has 0 aliphatic carbocycles. The molecule has 2 bridgehead atoms. The van der Waals surface area contributed by atoms with Crippen LogP contribution in [0.15, 0.2) is 48.5 Å². The molecule has 3 unspecified atom stereocenters. The number of benzene rings is 2. The molecule has 2 aliphatic heterocycles. The van der Waals surface area contributed by atoms with Crippen LogP contribution in [-0.4, -0.2) is 22.8 Å². The Kier molecular flexibility index (Phi) is 7.37. The van der Waals surface area contributed by atoms with Gasteiger partial charge in [0, 0.05) is 5.92 Å². The third-order valence-electron chi connectivity index (χ3n) is 7.12. The highest BCUT2D eigenvalue weighted by Gasteiger charge is 2.61. The molecule has 2 fully saturated rings. The van der Waals surface area contributed by atoms with Gasteiger partial charge in [-0.3, -0.25) is 10.1 Å². The molecule has 0 radical (unpaired) electrons. The molecule has 0 saturated carbocycles. The maximum absolute atomic E-state index is 13.4. The quantitative estimate of drug-likeness (QED) is 0.313. The number of fused-ring (bicyclic) bond motifs is 2. The molecule has 2 heterocycles. The molecule has 1 N–H and O–H groups in total. The molecule has 4 rings (SSSR count). The van der Waals surface area contributed by atoms with E-state index in [0.29, 0.717) is 44.2 Å². The van der Waals surface area contributed by atoms with Gasteiger partial charge in [0.15, 0.2) is 0 Å². The number of ether oxygens (including phenoxy) is 2. The fourth-order valence-electron chi connectivity index (χ4n) is 5.52. The van der Waals surface area contributed by atoms with Crippen LogP contribution in [0.25, 0.3) is 0 Å². The van der Waals surface area contributed by atoms with Crippen molar-refractivity contribution < 1.29 is 40.6 Å². The van der Waals surface area contributed by atoms with Crippen molar-refractivity contribution in [3.8, 4) is 0 Å². The number of hydrogen-bond donors (Lipinski definition) is 1. The predicted molar refractivity (Wildman–Crippen MR) is 128 cm³/mol. The minimum absolute atomic E-state index is 0.0992. The highest BCUT2D eigenvalue weighted by atomic mass is 19.4. The van der Waals surface area contributed by atoms with E-state index in [-0.39, 0.29) is 17.5 Å². The number of piperidine rings is 1. The van der Waals surface area contributed by atoms with Crippen LogP contribution in [0.4, 0.5) is 26.3 Å². The summed E-state index contributed by atoms with van der Waals surface area (Å²) in [7, 11) is 0. The minimum Gasteiger partial charge on any atom is -0.459 e. The lowest BCUT2D eigenvalue weighted by Gasteiger charge is -2.42. The average molecular weight is 544 g/mol. The van der Waals surface area contributed by atoms with E-state index in [0.717, 1.165) is 5.56 Å². The standard InChI is InChI=1S/C28H31F6NO3/c1-24(2,3)38-23(36)25-10-7-11-26(35-25,22(16-25)12-18-8-5-4-6-9-18)37-17-19-13-20(27(29,30)31)15-21(14-19)28(32,33)34/h4-6,8-9,13-15,22,35H,7,10-12,16-17H2,1-3H3. The Balaban J connectivity index is 1.67. The summed E-state index contributed by atoms with van der Waals surface area (Å²) in [5.74, 6) is -0.709. The van der Waals surface area contributed by atoms with Gasteiger partial charge in [0.05, 0.1) is 17.7 Å². The van der Waals surface area contributed by atoms with Gasteiger partial charge in [-0.1, -0.05) is 30.3 Å². The summed E-state index contributed by atoms with van der Waals surface area (Å²) in [5, 5.41) is 3.33. The Hall–Kier alpha value is -2.59. The summed E-state index contributed by atoms with van der Waals surface area (Å²) in [6, 6.07) is 10.9. The van der Waals surface area contributed by atoms with E-state index < -0.39 is 52.9 Å². The second-order valence-electron chi connectivity index (χ2n) is 11.2. The summed E-state index contributed by atoms with van der Waals surface area (Å²) in [4.78, 5) is 13.3. The van der Waals surface area contributed by atoms with E-state index >= 15 is 0 Å². The van der Waals surface area contributed by atoms with E-state index in [9.17, 15) is 31.1 Å². The van der Waals surface area contributed by atoms with Crippen molar-refractivity contribution in [2.75, 3.05) is 0 Å². The lowest BCUT2D eigenvalue weighted by Crippen LogP contribution is -2.61. The monoisotopic (exact) mass is 543 g/mol. The number of carbonyl (C=O) groups is 1. The second kappa shape index (κ2) is 9.86. The topological polar surface area (TPSA) is 47.6 Å². The highest BCUT2D eigenvalue weighted by Crippen LogP contribution is 2.49. The number of nitrogens with one attached hydrogen (secondary N) is 1. The largest absolute Gasteiger partial charge is 0.459 e. The van der Waals surface area contributed by atoms with Gasteiger partial charge in [-0.15, -0.1) is 0 Å². The average Bonchev–Trinajstić information content (AvgIpc) is 3.02. The Labute approximate surface area is 217 Å². The Morgan fingerprint density at radius 2 is 1.53 bits per heavy atom. The van der Waals surface area contributed by atoms with E-state index in [2.05, 4.69) is 5.32 Å². The second-order valence-corrected chi connectivity index (χ2v) is 11.2. The lowest BCUT2D eigenvalue weighted by molar-refractivity contribution is -0.170. The first-order valence-corrected chi connectivity index (χ1v) is 12.5. The van der Waals surface area contributed by atoms with Crippen LogP contribution in [0.2, 0.25) is 0 Å². The third kappa shape index (κ3) is 6.17. The van der Waals surface area contributed by atoms with Crippen molar-refractivity contribution in [3.63, 3.8) is 0 Å². The van der Waals surface area contributed by atoms with Crippen LogP contribution in [0.1, 0.15) is 68.7 Å². The van der Waals surface area contributed by atoms with Gasteiger partial charge in [-0.2, -0.15) is 26.3 Å². The number of esters is 1. The molecule has 0 aromatic heterocycles. The molecule has 2 aliphatic rings. The highest BCUT2D eigenvalue weighted by molar-refractivity contribution is 5.82. The molecule has 0 spiro atoms. The van der Waals surface area contributed by atoms with Crippen LogP contribution < -0.4 is 5.32 Å². The molecular formula is C28H31F6NO3. The van der Waals surface area contributed by atoms with Crippen molar-refractivity contribution in [2.24, 2.45) is 5.92 Å². The van der Waals surface area contributed by atoms with E-state index in [1.807, 2.05) is 30.3 Å². The maximum atomic E-state index is 13.4. The Morgan fingerprint density at radius 1 is 0.921 bits per heavy atom. The van der Waals surface area contributed by atoms with E-state index in [4.69, 9.17) is 9.47 Å². The predicted octanol–water partition coefficient (Wildman–Crippen LogP) is 7.05. The molecule has 4 nitrogen and oxygen atoms in total. The van der Waals surface area contributed by atoms with Crippen LogP contribution >= 0.6 is 0 Å². The van der Waals surface area contributed by atoms with E-state index in [1.54, 1.807) is 20.8 Å². The van der Waals surface area contributed by atoms with Gasteiger partial charge < -0.3 is 9.47 Å². The van der Waals surface area contributed by atoms with Crippen molar-refractivity contribution in [1.29, 1.82) is 0 Å². The molecule has 38 heavy (non-hydrogen) atoms.